The number of fused-ring (bicyclic) bond motifs is 9. The average Bonchev–Trinajstić information content (AvgIpc) is 3.70. The fraction of sp³-hybridized carbons (Fsp3) is 0.0435. The summed E-state index contributed by atoms with van der Waals surface area (Å²) < 4.78 is 0. The van der Waals surface area contributed by atoms with Gasteiger partial charge in [0.25, 0.3) is 0 Å². The van der Waals surface area contributed by atoms with Gasteiger partial charge in [-0.2, -0.15) is 0 Å². The van der Waals surface area contributed by atoms with E-state index in [1.165, 1.54) is 94.2 Å². The van der Waals surface area contributed by atoms with Crippen LogP contribution in [0.25, 0.3) is 54.9 Å². The maximum atomic E-state index is 2.56. The largest absolute Gasteiger partial charge is 0.310 e. The van der Waals surface area contributed by atoms with E-state index in [0.29, 0.717) is 0 Å². The molecular formula is C46H31N. The average molecular weight is 598 g/mol. The summed E-state index contributed by atoms with van der Waals surface area (Å²) >= 11 is 0. The minimum atomic E-state index is 0.930. The van der Waals surface area contributed by atoms with Crippen molar-refractivity contribution in [3.8, 4) is 33.4 Å². The molecule has 0 unspecified atom stereocenters. The lowest BCUT2D eigenvalue weighted by atomic mass is 9.93. The summed E-state index contributed by atoms with van der Waals surface area (Å²) in [6, 6.07) is 60.6. The highest BCUT2D eigenvalue weighted by Crippen LogP contribution is 2.54. The fourth-order valence-corrected chi connectivity index (χ4v) is 8.09. The molecule has 8 aromatic rings. The van der Waals surface area contributed by atoms with Gasteiger partial charge in [-0.25, -0.2) is 0 Å². The van der Waals surface area contributed by atoms with Crippen LogP contribution in [0, 0.1) is 0 Å². The van der Waals surface area contributed by atoms with E-state index in [2.05, 4.69) is 169 Å². The maximum absolute atomic E-state index is 2.56. The maximum Gasteiger partial charge on any atom is 0.0544 e. The van der Waals surface area contributed by atoms with Crippen molar-refractivity contribution in [1.29, 1.82) is 0 Å². The van der Waals surface area contributed by atoms with E-state index in [0.717, 1.165) is 12.8 Å². The van der Waals surface area contributed by atoms with Gasteiger partial charge in [0.15, 0.2) is 0 Å². The Morgan fingerprint density at radius 2 is 0.894 bits per heavy atom. The van der Waals surface area contributed by atoms with Crippen LogP contribution in [0.4, 0.5) is 17.1 Å². The number of rotatable bonds is 4. The first-order valence-corrected chi connectivity index (χ1v) is 16.5. The number of hydrogen-bond acceptors (Lipinski definition) is 1. The fourth-order valence-electron chi connectivity index (χ4n) is 8.09. The van der Waals surface area contributed by atoms with Crippen molar-refractivity contribution in [2.24, 2.45) is 0 Å². The van der Waals surface area contributed by atoms with E-state index < -0.39 is 0 Å². The standard InChI is InChI=1S/C46H31N/c1-2-10-30(11-3-1)31-20-23-36(24-21-31)47(37-25-22-33-19-18-32-12-4-7-15-38(32)41(33)28-37)46-44-26-34-13-5-8-16-39(34)42(44)29-43-40-17-9-6-14-35(40)27-45(43)46/h1-25,28-29H,26-27H2. The van der Waals surface area contributed by atoms with E-state index in [1.807, 2.05) is 0 Å². The van der Waals surface area contributed by atoms with Crippen molar-refractivity contribution >= 4 is 38.6 Å². The first kappa shape index (κ1) is 26.3. The summed E-state index contributed by atoms with van der Waals surface area (Å²) in [7, 11) is 0. The highest BCUT2D eigenvalue weighted by atomic mass is 15.1. The van der Waals surface area contributed by atoms with Gasteiger partial charge in [0, 0.05) is 24.2 Å². The van der Waals surface area contributed by atoms with Gasteiger partial charge in [0.2, 0.25) is 0 Å². The molecule has 0 aromatic heterocycles. The molecule has 0 bridgehead atoms. The first-order valence-electron chi connectivity index (χ1n) is 16.5. The van der Waals surface area contributed by atoms with Crippen LogP contribution in [-0.4, -0.2) is 0 Å². The van der Waals surface area contributed by atoms with Gasteiger partial charge >= 0.3 is 0 Å². The molecule has 8 aromatic carbocycles. The summed E-state index contributed by atoms with van der Waals surface area (Å²) in [5.41, 5.74) is 17.2. The van der Waals surface area contributed by atoms with Gasteiger partial charge in [-0.05, 0) is 108 Å². The van der Waals surface area contributed by atoms with E-state index in [-0.39, 0.29) is 0 Å². The molecule has 0 radical (unpaired) electrons. The molecule has 10 rings (SSSR count). The Hall–Kier alpha value is -5.92. The predicted octanol–water partition coefficient (Wildman–Crippen LogP) is 12.3. The minimum Gasteiger partial charge on any atom is -0.310 e. The third-order valence-corrected chi connectivity index (χ3v) is 10.3. The highest BCUT2D eigenvalue weighted by Gasteiger charge is 2.33. The minimum absolute atomic E-state index is 0.930. The summed E-state index contributed by atoms with van der Waals surface area (Å²) in [6.45, 7) is 0. The Labute approximate surface area is 275 Å². The highest BCUT2D eigenvalue weighted by molar-refractivity contribution is 6.09. The van der Waals surface area contributed by atoms with Crippen LogP contribution in [0.3, 0.4) is 0 Å². The summed E-state index contributed by atoms with van der Waals surface area (Å²) in [5.74, 6) is 0. The summed E-state index contributed by atoms with van der Waals surface area (Å²) in [4.78, 5) is 2.56. The van der Waals surface area contributed by atoms with Crippen molar-refractivity contribution in [3.05, 3.63) is 186 Å². The van der Waals surface area contributed by atoms with Crippen molar-refractivity contribution in [2.75, 3.05) is 4.90 Å². The molecule has 1 heteroatoms. The molecule has 0 heterocycles. The number of anilines is 3. The SMILES string of the molecule is c1ccc(-c2ccc(N(c3ccc4ccc5ccccc5c4c3)c3c4c(cc5c3Cc3ccccc3-5)-c3ccccc3C4)cc2)cc1. The van der Waals surface area contributed by atoms with E-state index in [4.69, 9.17) is 0 Å². The second-order valence-corrected chi connectivity index (χ2v) is 12.9. The van der Waals surface area contributed by atoms with Crippen LogP contribution in [0.15, 0.2) is 164 Å². The Morgan fingerprint density at radius 1 is 0.362 bits per heavy atom. The second-order valence-electron chi connectivity index (χ2n) is 12.9. The van der Waals surface area contributed by atoms with Gasteiger partial charge in [0.05, 0.1) is 5.69 Å². The number of hydrogen-bond donors (Lipinski definition) is 0. The Balaban J connectivity index is 1.26. The molecule has 0 fully saturated rings. The molecule has 0 amide bonds. The lowest BCUT2D eigenvalue weighted by molar-refractivity contribution is 1.15. The van der Waals surface area contributed by atoms with Crippen molar-refractivity contribution in [3.63, 3.8) is 0 Å². The lowest BCUT2D eigenvalue weighted by Gasteiger charge is -2.31. The molecule has 0 atom stereocenters. The van der Waals surface area contributed by atoms with Crippen molar-refractivity contribution in [2.45, 2.75) is 12.8 Å². The zero-order valence-electron chi connectivity index (χ0n) is 25.9. The van der Waals surface area contributed by atoms with E-state index in [1.54, 1.807) is 0 Å². The van der Waals surface area contributed by atoms with E-state index >= 15 is 0 Å². The second kappa shape index (κ2) is 10.3. The number of nitrogens with zero attached hydrogens (tertiary/aromatic N) is 1. The van der Waals surface area contributed by atoms with Crippen LogP contribution >= 0.6 is 0 Å². The topological polar surface area (TPSA) is 3.24 Å². The van der Waals surface area contributed by atoms with Gasteiger partial charge in [-0.15, -0.1) is 0 Å². The van der Waals surface area contributed by atoms with Crippen LogP contribution in [-0.2, 0) is 12.8 Å². The predicted molar refractivity (Wildman–Crippen MR) is 198 cm³/mol. The van der Waals surface area contributed by atoms with Crippen molar-refractivity contribution in [1.82, 2.24) is 0 Å². The van der Waals surface area contributed by atoms with E-state index in [9.17, 15) is 0 Å². The van der Waals surface area contributed by atoms with Gasteiger partial charge in [0.1, 0.15) is 0 Å². The summed E-state index contributed by atoms with van der Waals surface area (Å²) in [6.07, 6.45) is 1.86. The molecule has 1 nitrogen and oxygen atoms in total. The van der Waals surface area contributed by atoms with Crippen LogP contribution in [0.2, 0.25) is 0 Å². The molecular weight excluding hydrogens is 567 g/mol. The van der Waals surface area contributed by atoms with Crippen LogP contribution in [0.1, 0.15) is 22.3 Å². The third-order valence-electron chi connectivity index (χ3n) is 10.3. The zero-order chi connectivity index (χ0) is 30.9. The smallest absolute Gasteiger partial charge is 0.0544 e. The molecule has 2 aliphatic rings. The molecule has 47 heavy (non-hydrogen) atoms. The Bertz CT molecular complexity index is 2430. The molecule has 0 spiro atoms. The zero-order valence-corrected chi connectivity index (χ0v) is 25.9. The van der Waals surface area contributed by atoms with Gasteiger partial charge in [-0.3, -0.25) is 0 Å². The Morgan fingerprint density at radius 3 is 1.60 bits per heavy atom. The molecule has 2 aliphatic carbocycles. The quantitative estimate of drug-likeness (QED) is 0.182. The van der Waals surface area contributed by atoms with Gasteiger partial charge in [-0.1, -0.05) is 133 Å². The van der Waals surface area contributed by atoms with Crippen LogP contribution in [0.5, 0.6) is 0 Å². The number of benzene rings is 8. The lowest BCUT2D eigenvalue weighted by Crippen LogP contribution is -2.14. The van der Waals surface area contributed by atoms with Gasteiger partial charge < -0.3 is 4.90 Å². The first-order chi connectivity index (χ1) is 23.3. The Kier molecular flexibility index (Phi) is 5.77. The third kappa shape index (κ3) is 4.10. The molecule has 0 aliphatic heterocycles. The molecule has 0 N–H and O–H groups in total. The monoisotopic (exact) mass is 597 g/mol. The molecule has 0 saturated carbocycles. The summed E-state index contributed by atoms with van der Waals surface area (Å²) in [5, 5.41) is 5.09. The van der Waals surface area contributed by atoms with Crippen LogP contribution < -0.4 is 4.90 Å². The molecule has 0 saturated heterocycles. The molecule has 220 valence electrons. The normalized spacial score (nSPS) is 12.5. The van der Waals surface area contributed by atoms with Crippen molar-refractivity contribution < 1.29 is 0 Å².